The second-order valence-corrected chi connectivity index (χ2v) is 20.6. The molecular formula is C65H108O12. The number of aliphatic hydroxyl groups excluding tert-OH is 2. The fourth-order valence-electron chi connectivity index (χ4n) is 8.80. The van der Waals surface area contributed by atoms with Crippen LogP contribution in [0.1, 0.15) is 252 Å². The summed E-state index contributed by atoms with van der Waals surface area (Å²) in [6.45, 7) is 5.80. The molecule has 1 fully saturated rings. The van der Waals surface area contributed by atoms with Gasteiger partial charge in [-0.15, -0.1) is 0 Å². The maximum absolute atomic E-state index is 13.2. The van der Waals surface area contributed by atoms with Crippen molar-refractivity contribution in [3.05, 3.63) is 85.1 Å². The minimum Gasteiger partial charge on any atom is -0.479 e. The highest BCUT2D eigenvalue weighted by Crippen LogP contribution is 2.26. The number of carbonyl (C=O) groups excluding carboxylic acids is 3. The first-order chi connectivity index (χ1) is 37.6. The van der Waals surface area contributed by atoms with Gasteiger partial charge >= 0.3 is 23.9 Å². The van der Waals surface area contributed by atoms with Crippen molar-refractivity contribution >= 4 is 23.9 Å². The van der Waals surface area contributed by atoms with E-state index in [0.29, 0.717) is 19.3 Å². The van der Waals surface area contributed by atoms with E-state index in [1.165, 1.54) is 96.3 Å². The molecule has 6 atom stereocenters. The summed E-state index contributed by atoms with van der Waals surface area (Å²) in [6.07, 6.45) is 55.6. The van der Waals surface area contributed by atoms with E-state index < -0.39 is 67.3 Å². The lowest BCUT2D eigenvalue weighted by Gasteiger charge is -2.40. The van der Waals surface area contributed by atoms with Gasteiger partial charge in [-0.3, -0.25) is 14.4 Å². The first kappa shape index (κ1) is 70.9. The van der Waals surface area contributed by atoms with Gasteiger partial charge in [0.2, 0.25) is 0 Å². The molecule has 440 valence electrons. The van der Waals surface area contributed by atoms with Crippen molar-refractivity contribution in [1.29, 1.82) is 0 Å². The van der Waals surface area contributed by atoms with Crippen LogP contribution < -0.4 is 0 Å². The fraction of sp³-hybridized carbons (Fsp3) is 0.723. The molecule has 1 aliphatic rings. The number of esters is 3. The molecule has 1 heterocycles. The number of carboxylic acids is 1. The lowest BCUT2D eigenvalue weighted by Crippen LogP contribution is -2.61. The van der Waals surface area contributed by atoms with E-state index in [4.69, 9.17) is 23.7 Å². The Morgan fingerprint density at radius 1 is 0.442 bits per heavy atom. The average molecular weight is 1080 g/mol. The van der Waals surface area contributed by atoms with Gasteiger partial charge < -0.3 is 39.0 Å². The Bertz CT molecular complexity index is 1660. The Kier molecular flexibility index (Phi) is 48.4. The summed E-state index contributed by atoms with van der Waals surface area (Å²) in [5.41, 5.74) is 0. The molecule has 0 bridgehead atoms. The molecular weight excluding hydrogens is 973 g/mol. The molecule has 0 amide bonds. The molecule has 0 saturated carbocycles. The Morgan fingerprint density at radius 3 is 1.31 bits per heavy atom. The van der Waals surface area contributed by atoms with E-state index in [2.05, 4.69) is 93.7 Å². The quantitative estimate of drug-likeness (QED) is 0.0228. The topological polar surface area (TPSA) is 175 Å². The van der Waals surface area contributed by atoms with Gasteiger partial charge in [0.25, 0.3) is 0 Å². The van der Waals surface area contributed by atoms with E-state index in [9.17, 15) is 34.5 Å². The Labute approximate surface area is 467 Å². The number of hydrogen-bond acceptors (Lipinski definition) is 11. The molecule has 0 spiro atoms. The summed E-state index contributed by atoms with van der Waals surface area (Å²) in [6, 6.07) is 0. The van der Waals surface area contributed by atoms with Crippen molar-refractivity contribution in [2.45, 2.75) is 289 Å². The summed E-state index contributed by atoms with van der Waals surface area (Å²) < 4.78 is 28.4. The number of aliphatic carboxylic acids is 1. The van der Waals surface area contributed by atoms with Crippen molar-refractivity contribution in [2.24, 2.45) is 0 Å². The van der Waals surface area contributed by atoms with Crippen LogP contribution in [0.25, 0.3) is 0 Å². The second kappa shape index (κ2) is 52.6. The Morgan fingerprint density at radius 2 is 0.844 bits per heavy atom. The molecule has 0 aromatic rings. The first-order valence-corrected chi connectivity index (χ1v) is 30.6. The molecule has 3 N–H and O–H groups in total. The van der Waals surface area contributed by atoms with E-state index in [-0.39, 0.29) is 25.9 Å². The fourth-order valence-corrected chi connectivity index (χ4v) is 8.80. The van der Waals surface area contributed by atoms with Crippen molar-refractivity contribution in [2.75, 3.05) is 13.2 Å². The summed E-state index contributed by atoms with van der Waals surface area (Å²) in [7, 11) is 0. The number of carboxylic acid groups (broad SMARTS) is 1. The van der Waals surface area contributed by atoms with Crippen LogP contribution in [-0.4, -0.2) is 89.2 Å². The van der Waals surface area contributed by atoms with E-state index in [1.807, 2.05) is 12.2 Å². The number of hydrogen-bond donors (Lipinski definition) is 3. The molecule has 1 saturated heterocycles. The highest BCUT2D eigenvalue weighted by atomic mass is 16.7. The van der Waals surface area contributed by atoms with E-state index in [1.54, 1.807) is 0 Å². The van der Waals surface area contributed by atoms with Crippen LogP contribution in [0.4, 0.5) is 0 Å². The molecule has 12 nitrogen and oxygen atoms in total. The molecule has 0 aromatic heterocycles. The predicted octanol–water partition coefficient (Wildman–Crippen LogP) is 15.9. The van der Waals surface area contributed by atoms with Crippen LogP contribution in [0.5, 0.6) is 0 Å². The first-order valence-electron chi connectivity index (χ1n) is 30.6. The normalized spacial score (nSPS) is 18.6. The SMILES string of the molecule is CC/C=C\C/C=C\C/C=C\C/C=C\C/C=C\C/C=C\CCC(=O)OCC(COC1OC(C(=O)O)C(O)C(O)C1OC(=O)CCCCCCC/C=C\CCCCCC)OC(=O)CCCCCCCCCCCCCCCCC. The van der Waals surface area contributed by atoms with Gasteiger partial charge in [0.1, 0.15) is 18.8 Å². The van der Waals surface area contributed by atoms with Gasteiger partial charge in [-0.1, -0.05) is 234 Å². The number of aliphatic hydroxyl groups is 2. The van der Waals surface area contributed by atoms with Gasteiger partial charge in [-0.25, -0.2) is 4.79 Å². The summed E-state index contributed by atoms with van der Waals surface area (Å²) in [5.74, 6) is -3.23. The van der Waals surface area contributed by atoms with Crippen molar-refractivity contribution in [3.8, 4) is 0 Å². The predicted molar refractivity (Wildman–Crippen MR) is 312 cm³/mol. The van der Waals surface area contributed by atoms with Gasteiger partial charge in [-0.2, -0.15) is 0 Å². The molecule has 0 radical (unpaired) electrons. The van der Waals surface area contributed by atoms with Crippen LogP contribution in [0, 0.1) is 0 Å². The maximum atomic E-state index is 13.2. The van der Waals surface area contributed by atoms with Crippen LogP contribution in [-0.2, 0) is 42.9 Å². The molecule has 0 aliphatic carbocycles. The van der Waals surface area contributed by atoms with Crippen molar-refractivity contribution in [1.82, 2.24) is 0 Å². The third-order valence-corrected chi connectivity index (χ3v) is 13.5. The van der Waals surface area contributed by atoms with Crippen LogP contribution >= 0.6 is 0 Å². The standard InChI is InChI=1S/C65H108O12/c1-4-7-10-13-16-19-22-25-27-28-29-30-32-34-36-39-42-45-48-51-57(66)73-54-56(75-58(67)52-49-46-43-40-38-35-31-26-23-20-17-14-11-8-5-2)55-74-65-63(61(70)60(69)62(77-65)64(71)72)76-59(68)53-50-47-44-41-37-33-24-21-18-15-12-9-6-3/h7,10,16,19,21,24-25,27,29-30,34,36,42,45,56,60-63,65,69-70H,4-6,8-9,11-15,17-18,20,22-23,26,28,31-33,35,37-41,43-44,46-55H2,1-3H3,(H,71,72)/b10-7-,19-16-,24-21-,27-25-,30-29-,36-34-,45-42-. The van der Waals surface area contributed by atoms with Crippen LogP contribution in [0.2, 0.25) is 0 Å². The summed E-state index contributed by atoms with van der Waals surface area (Å²) in [4.78, 5) is 51.1. The number of unbranched alkanes of at least 4 members (excludes halogenated alkanes) is 23. The lowest BCUT2D eigenvalue weighted by atomic mass is 9.98. The minimum absolute atomic E-state index is 0.0418. The number of ether oxygens (including phenoxy) is 5. The number of carbonyl (C=O) groups is 4. The summed E-state index contributed by atoms with van der Waals surface area (Å²) >= 11 is 0. The smallest absolute Gasteiger partial charge is 0.335 e. The lowest BCUT2D eigenvalue weighted by molar-refractivity contribution is -0.301. The van der Waals surface area contributed by atoms with Crippen molar-refractivity contribution < 1.29 is 58.2 Å². The molecule has 12 heteroatoms. The Hall–Kier alpha value is -4.10. The highest BCUT2D eigenvalue weighted by Gasteiger charge is 2.50. The van der Waals surface area contributed by atoms with Crippen molar-refractivity contribution in [3.63, 3.8) is 0 Å². The number of rotatable bonds is 51. The molecule has 0 aromatic carbocycles. The zero-order valence-corrected chi connectivity index (χ0v) is 48.4. The van der Waals surface area contributed by atoms with Crippen LogP contribution in [0.3, 0.4) is 0 Å². The van der Waals surface area contributed by atoms with E-state index in [0.717, 1.165) is 96.3 Å². The number of allylic oxidation sites excluding steroid dienone is 14. The van der Waals surface area contributed by atoms with E-state index >= 15 is 0 Å². The van der Waals surface area contributed by atoms with Gasteiger partial charge in [0, 0.05) is 19.3 Å². The zero-order valence-electron chi connectivity index (χ0n) is 48.4. The van der Waals surface area contributed by atoms with Gasteiger partial charge in [-0.05, 0) is 83.5 Å². The van der Waals surface area contributed by atoms with Gasteiger partial charge in [0.05, 0.1) is 6.61 Å². The van der Waals surface area contributed by atoms with Crippen LogP contribution in [0.15, 0.2) is 85.1 Å². The molecule has 1 rings (SSSR count). The average Bonchev–Trinajstić information content (AvgIpc) is 3.42. The monoisotopic (exact) mass is 1080 g/mol. The second-order valence-electron chi connectivity index (χ2n) is 20.6. The summed E-state index contributed by atoms with van der Waals surface area (Å²) in [5, 5.41) is 31.5. The largest absolute Gasteiger partial charge is 0.479 e. The third-order valence-electron chi connectivity index (χ3n) is 13.5. The highest BCUT2D eigenvalue weighted by molar-refractivity contribution is 5.74. The van der Waals surface area contributed by atoms with Gasteiger partial charge in [0.15, 0.2) is 24.6 Å². The third kappa shape index (κ3) is 42.5. The Balaban J connectivity index is 2.73. The maximum Gasteiger partial charge on any atom is 0.335 e. The molecule has 6 unspecified atom stereocenters. The minimum atomic E-state index is -1.92. The zero-order chi connectivity index (χ0) is 56.1. The molecule has 77 heavy (non-hydrogen) atoms. The molecule has 1 aliphatic heterocycles.